The number of ether oxygens (including phenoxy) is 2. The van der Waals surface area contributed by atoms with Crippen LogP contribution in [0.4, 0.5) is 4.79 Å². The minimum Gasteiger partial charge on any atom is -0.489 e. The number of alkyl carbamates (subject to hydrolysis) is 1. The molecule has 0 heterocycles. The van der Waals surface area contributed by atoms with Crippen LogP contribution in [-0.2, 0) is 27.3 Å². The molecule has 6 rings (SSSR count). The number of rotatable bonds is 10. The molecule has 0 spiro atoms. The van der Waals surface area contributed by atoms with Gasteiger partial charge in [0.2, 0.25) is 0 Å². The van der Waals surface area contributed by atoms with Crippen LogP contribution in [0.1, 0.15) is 76.0 Å². The lowest BCUT2D eigenvalue weighted by Gasteiger charge is -2.57. The number of carboxylic acid groups (broad SMARTS) is 1. The highest BCUT2D eigenvalue weighted by Gasteiger charge is 2.52. The van der Waals surface area contributed by atoms with Crippen LogP contribution in [-0.4, -0.2) is 34.6 Å². The van der Waals surface area contributed by atoms with E-state index in [2.05, 4.69) is 29.6 Å². The van der Waals surface area contributed by atoms with Crippen molar-refractivity contribution in [3.05, 3.63) is 65.2 Å². The first-order valence-corrected chi connectivity index (χ1v) is 15.3. The quantitative estimate of drug-likeness (QED) is 0.333. The predicted molar refractivity (Wildman–Crippen MR) is 154 cm³/mol. The molecule has 1 amide bonds. The molecule has 1 unspecified atom stereocenters. The van der Waals surface area contributed by atoms with Crippen molar-refractivity contribution in [1.82, 2.24) is 5.32 Å². The van der Waals surface area contributed by atoms with Gasteiger partial charge in [0.05, 0.1) is 0 Å². The molecule has 2 N–H and O–H groups in total. The summed E-state index contributed by atoms with van der Waals surface area (Å²) >= 11 is 1.46. The molecular formula is C32H41NO5S. The van der Waals surface area contributed by atoms with E-state index in [1.807, 2.05) is 24.3 Å². The topological polar surface area (TPSA) is 84.9 Å². The highest BCUT2D eigenvalue weighted by atomic mass is 32.2. The Morgan fingerprint density at radius 2 is 1.62 bits per heavy atom. The van der Waals surface area contributed by atoms with Crippen molar-refractivity contribution in [2.45, 2.75) is 88.7 Å². The molecule has 210 valence electrons. The van der Waals surface area contributed by atoms with E-state index in [0.29, 0.717) is 17.8 Å². The Labute approximate surface area is 236 Å². The number of benzene rings is 2. The van der Waals surface area contributed by atoms with E-state index >= 15 is 0 Å². The van der Waals surface area contributed by atoms with E-state index in [0.717, 1.165) is 29.1 Å². The zero-order valence-corrected chi connectivity index (χ0v) is 24.1. The maximum Gasteiger partial charge on any atom is 0.408 e. The van der Waals surface area contributed by atoms with E-state index in [9.17, 15) is 14.7 Å². The number of carbonyl (C=O) groups is 2. The molecule has 0 aromatic heterocycles. The average Bonchev–Trinajstić information content (AvgIpc) is 2.86. The molecule has 0 radical (unpaired) electrons. The van der Waals surface area contributed by atoms with Crippen LogP contribution in [0.15, 0.2) is 48.5 Å². The van der Waals surface area contributed by atoms with Gasteiger partial charge in [0, 0.05) is 11.5 Å². The normalized spacial score (nSPS) is 26.2. The molecule has 4 aliphatic carbocycles. The number of hydrogen-bond acceptors (Lipinski definition) is 5. The molecule has 1 atom stereocenters. The largest absolute Gasteiger partial charge is 0.489 e. The molecule has 2 aromatic rings. The SMILES string of the molecule is CC(C)(C)OC(=O)NC(CSCc1ccc(OCc2ccccc2C23CC4CC(CC(C4)C2)C3)cc1)C(=O)O. The number of amides is 1. The third kappa shape index (κ3) is 6.92. The van der Waals surface area contributed by atoms with Crippen LogP contribution in [0.5, 0.6) is 5.75 Å². The third-order valence-corrected chi connectivity index (χ3v) is 9.59. The molecule has 2 aromatic carbocycles. The fourth-order valence-electron chi connectivity index (χ4n) is 7.37. The summed E-state index contributed by atoms with van der Waals surface area (Å²) in [6.07, 6.45) is 7.65. The fraction of sp³-hybridized carbons (Fsp3) is 0.562. The Kier molecular flexibility index (Phi) is 8.18. The Bertz CT molecular complexity index is 1140. The third-order valence-electron chi connectivity index (χ3n) is 8.49. The summed E-state index contributed by atoms with van der Waals surface area (Å²) in [4.78, 5) is 23.5. The predicted octanol–water partition coefficient (Wildman–Crippen LogP) is 6.94. The summed E-state index contributed by atoms with van der Waals surface area (Å²) < 4.78 is 11.4. The zero-order valence-electron chi connectivity index (χ0n) is 23.3. The standard InChI is InChI=1S/C32H41NO5S/c1-31(2,3)38-30(36)33-28(29(34)35)20-39-19-21-8-10-26(11-9-21)37-18-25-6-4-5-7-27(25)32-15-22-12-23(16-32)14-24(13-22)17-32/h4-11,22-24,28H,12-20H2,1-3H3,(H,33,36)(H,34,35). The second-order valence-electron chi connectivity index (χ2n) is 12.8. The number of carbonyl (C=O) groups excluding carboxylic acids is 1. The first-order chi connectivity index (χ1) is 18.6. The van der Waals surface area contributed by atoms with Crippen molar-refractivity contribution in [2.75, 3.05) is 5.75 Å². The van der Waals surface area contributed by atoms with Gasteiger partial charge >= 0.3 is 12.1 Å². The Balaban J connectivity index is 1.13. The number of carboxylic acids is 1. The number of aliphatic carboxylic acids is 1. The van der Waals surface area contributed by atoms with Gasteiger partial charge in [0.15, 0.2) is 0 Å². The molecule has 4 fully saturated rings. The highest BCUT2D eigenvalue weighted by molar-refractivity contribution is 7.98. The van der Waals surface area contributed by atoms with Gasteiger partial charge in [-0.15, -0.1) is 0 Å². The molecule has 0 saturated heterocycles. The number of hydrogen-bond donors (Lipinski definition) is 2. The Hall–Kier alpha value is -2.67. The van der Waals surface area contributed by atoms with Crippen LogP contribution < -0.4 is 10.1 Å². The second-order valence-corrected chi connectivity index (χ2v) is 13.9. The van der Waals surface area contributed by atoms with Crippen molar-refractivity contribution in [3.8, 4) is 5.75 Å². The van der Waals surface area contributed by atoms with Gasteiger partial charge in [-0.05, 0) is 111 Å². The van der Waals surface area contributed by atoms with Gasteiger partial charge < -0.3 is 19.9 Å². The lowest BCUT2D eigenvalue weighted by atomic mass is 9.47. The molecule has 0 aliphatic heterocycles. The van der Waals surface area contributed by atoms with E-state index in [-0.39, 0.29) is 5.75 Å². The molecule has 6 nitrogen and oxygen atoms in total. The first kappa shape index (κ1) is 27.9. The van der Waals surface area contributed by atoms with Crippen LogP contribution >= 0.6 is 11.8 Å². The summed E-state index contributed by atoms with van der Waals surface area (Å²) in [5.74, 6) is 3.37. The average molecular weight is 552 g/mol. The van der Waals surface area contributed by atoms with Gasteiger partial charge in [-0.3, -0.25) is 0 Å². The highest BCUT2D eigenvalue weighted by Crippen LogP contribution is 2.61. The Morgan fingerprint density at radius 1 is 1.00 bits per heavy atom. The van der Waals surface area contributed by atoms with E-state index in [1.54, 1.807) is 20.8 Å². The Morgan fingerprint density at radius 3 is 2.21 bits per heavy atom. The fourth-order valence-corrected chi connectivity index (χ4v) is 8.37. The smallest absolute Gasteiger partial charge is 0.408 e. The van der Waals surface area contributed by atoms with Crippen molar-refractivity contribution in [1.29, 1.82) is 0 Å². The van der Waals surface area contributed by atoms with Crippen LogP contribution in [0.2, 0.25) is 0 Å². The van der Waals surface area contributed by atoms with Crippen molar-refractivity contribution >= 4 is 23.8 Å². The second kappa shape index (κ2) is 11.4. The van der Waals surface area contributed by atoms with Crippen molar-refractivity contribution in [3.63, 3.8) is 0 Å². The van der Waals surface area contributed by atoms with E-state index in [1.165, 1.54) is 61.4 Å². The van der Waals surface area contributed by atoms with Gasteiger partial charge in [0.25, 0.3) is 0 Å². The van der Waals surface area contributed by atoms with Gasteiger partial charge in [-0.1, -0.05) is 36.4 Å². The van der Waals surface area contributed by atoms with Gasteiger partial charge in [-0.2, -0.15) is 11.8 Å². The summed E-state index contributed by atoms with van der Waals surface area (Å²) in [5.41, 5.74) is 3.58. The van der Waals surface area contributed by atoms with E-state index < -0.39 is 23.7 Å². The lowest BCUT2D eigenvalue weighted by molar-refractivity contribution is -0.138. The van der Waals surface area contributed by atoms with E-state index in [4.69, 9.17) is 9.47 Å². The van der Waals surface area contributed by atoms with Crippen LogP contribution in [0, 0.1) is 17.8 Å². The summed E-state index contributed by atoms with van der Waals surface area (Å²) in [5, 5.41) is 11.9. The molecular weight excluding hydrogens is 510 g/mol. The number of thioether (sulfide) groups is 1. The molecule has 4 saturated carbocycles. The van der Waals surface area contributed by atoms with Gasteiger partial charge in [-0.25, -0.2) is 9.59 Å². The molecule has 7 heteroatoms. The van der Waals surface area contributed by atoms with Crippen LogP contribution in [0.25, 0.3) is 0 Å². The summed E-state index contributed by atoms with van der Waals surface area (Å²) in [7, 11) is 0. The number of nitrogens with one attached hydrogen (secondary N) is 1. The van der Waals surface area contributed by atoms with Crippen molar-refractivity contribution < 1.29 is 24.2 Å². The van der Waals surface area contributed by atoms with Crippen molar-refractivity contribution in [2.24, 2.45) is 17.8 Å². The first-order valence-electron chi connectivity index (χ1n) is 14.2. The molecule has 4 bridgehead atoms. The summed E-state index contributed by atoms with van der Waals surface area (Å²) in [6.45, 7) is 5.80. The zero-order chi connectivity index (χ0) is 27.6. The summed E-state index contributed by atoms with van der Waals surface area (Å²) in [6, 6.07) is 15.9. The lowest BCUT2D eigenvalue weighted by Crippen LogP contribution is -2.49. The monoisotopic (exact) mass is 551 g/mol. The molecule has 4 aliphatic rings. The minimum absolute atomic E-state index is 0.244. The van der Waals surface area contributed by atoms with Crippen LogP contribution in [0.3, 0.4) is 0 Å². The maximum absolute atomic E-state index is 12.0. The van der Waals surface area contributed by atoms with Gasteiger partial charge in [0.1, 0.15) is 24.0 Å². The maximum atomic E-state index is 12.0. The minimum atomic E-state index is -1.08. The molecule has 39 heavy (non-hydrogen) atoms.